The Morgan fingerprint density at radius 2 is 2.17 bits per heavy atom. The predicted molar refractivity (Wildman–Crippen MR) is 115 cm³/mol. The van der Waals surface area contributed by atoms with Crippen LogP contribution in [0.2, 0.25) is 5.02 Å². The van der Waals surface area contributed by atoms with Crippen LogP contribution in [0.4, 0.5) is 5.82 Å². The summed E-state index contributed by atoms with van der Waals surface area (Å²) in [5.41, 5.74) is 9.40. The van der Waals surface area contributed by atoms with E-state index in [-0.39, 0.29) is 17.3 Å². The second kappa shape index (κ2) is 7.65. The van der Waals surface area contributed by atoms with Crippen LogP contribution in [-0.4, -0.2) is 34.2 Å². The highest BCUT2D eigenvalue weighted by Crippen LogP contribution is 2.42. The maximum Gasteiger partial charge on any atom is 0.194 e. The third-order valence-corrected chi connectivity index (χ3v) is 6.02. The van der Waals surface area contributed by atoms with Gasteiger partial charge in [-0.2, -0.15) is 0 Å². The minimum Gasteiger partial charge on any atom is -0.493 e. The summed E-state index contributed by atoms with van der Waals surface area (Å²) in [5.74, 6) is 1.40. The number of rotatable bonds is 5. The van der Waals surface area contributed by atoms with Gasteiger partial charge >= 0.3 is 0 Å². The van der Waals surface area contributed by atoms with Crippen molar-refractivity contribution in [1.82, 2.24) is 19.9 Å². The number of pyridine rings is 1. The van der Waals surface area contributed by atoms with E-state index in [1.165, 1.54) is 12.4 Å². The van der Waals surface area contributed by atoms with Gasteiger partial charge in [0.1, 0.15) is 28.9 Å². The molecule has 1 aliphatic heterocycles. The zero-order valence-corrected chi connectivity index (χ0v) is 17.5. The zero-order valence-electron chi connectivity index (χ0n) is 16.7. The van der Waals surface area contributed by atoms with Crippen LogP contribution in [0.15, 0.2) is 29.5 Å². The molecule has 2 aromatic heterocycles. The molecule has 0 spiro atoms. The molecule has 3 aromatic rings. The van der Waals surface area contributed by atoms with Gasteiger partial charge in [0, 0.05) is 47.4 Å². The van der Waals surface area contributed by atoms with Crippen LogP contribution in [0, 0.1) is 6.92 Å². The summed E-state index contributed by atoms with van der Waals surface area (Å²) in [4.78, 5) is 20.7. The first-order valence-electron chi connectivity index (χ1n) is 9.71. The molecule has 1 aromatic carbocycles. The van der Waals surface area contributed by atoms with E-state index in [2.05, 4.69) is 15.3 Å². The highest BCUT2D eigenvalue weighted by atomic mass is 35.5. The lowest BCUT2D eigenvalue weighted by Crippen LogP contribution is -2.40. The van der Waals surface area contributed by atoms with Gasteiger partial charge in [0.25, 0.3) is 0 Å². The molecule has 29 heavy (non-hydrogen) atoms. The monoisotopic (exact) mass is 413 g/mol. The molecule has 0 aliphatic carbocycles. The van der Waals surface area contributed by atoms with Crippen molar-refractivity contribution in [3.05, 3.63) is 56.6 Å². The molecule has 0 radical (unpaired) electrons. The number of hydrogen-bond donors (Lipinski definition) is 2. The van der Waals surface area contributed by atoms with Crippen molar-refractivity contribution in [2.24, 2.45) is 0 Å². The Bertz CT molecular complexity index is 1140. The van der Waals surface area contributed by atoms with Crippen LogP contribution < -0.4 is 21.2 Å². The number of nitrogen functional groups attached to an aromatic ring is 1. The molecule has 0 bridgehead atoms. The first-order valence-corrected chi connectivity index (χ1v) is 10.1. The highest BCUT2D eigenvalue weighted by Gasteiger charge is 2.29. The van der Waals surface area contributed by atoms with Crippen molar-refractivity contribution >= 4 is 28.5 Å². The van der Waals surface area contributed by atoms with Crippen molar-refractivity contribution in [2.75, 3.05) is 25.4 Å². The number of aromatic nitrogens is 3. The lowest BCUT2D eigenvalue weighted by Gasteiger charge is -2.33. The fourth-order valence-corrected chi connectivity index (χ4v) is 4.17. The fraction of sp³-hybridized carbons (Fsp3) is 0.381. The Kier molecular flexibility index (Phi) is 5.19. The van der Waals surface area contributed by atoms with Crippen LogP contribution in [0.3, 0.4) is 0 Å². The number of nitrogens with two attached hydrogens (primary N) is 1. The molecule has 0 saturated carbocycles. The van der Waals surface area contributed by atoms with Gasteiger partial charge in [-0.05, 0) is 32.4 Å². The molecule has 3 heterocycles. The average molecular weight is 414 g/mol. The largest absolute Gasteiger partial charge is 0.493 e. The van der Waals surface area contributed by atoms with Gasteiger partial charge in [0.05, 0.1) is 12.6 Å². The molecule has 1 atom stereocenters. The Labute approximate surface area is 173 Å². The van der Waals surface area contributed by atoms with E-state index in [9.17, 15) is 4.79 Å². The standard InChI is InChI=1S/C21H24ClN5O2/c1-4-29-19-14(7-15(22)11(2)17(19)13-8-24-9-13)12(3)27-6-5-16(28)18-20(23)25-10-26-21(18)27/h5-7,10,12-13,24H,4,8-9H2,1-3H3,(H2,23,25,26). The molecule has 152 valence electrons. The first-order chi connectivity index (χ1) is 13.9. The quantitative estimate of drug-likeness (QED) is 0.667. The molecule has 1 fully saturated rings. The second-order valence-corrected chi connectivity index (χ2v) is 7.73. The van der Waals surface area contributed by atoms with Crippen molar-refractivity contribution in [1.29, 1.82) is 0 Å². The fourth-order valence-electron chi connectivity index (χ4n) is 3.95. The minimum atomic E-state index is -0.199. The van der Waals surface area contributed by atoms with Gasteiger partial charge < -0.3 is 20.4 Å². The maximum absolute atomic E-state index is 12.3. The maximum atomic E-state index is 12.3. The van der Waals surface area contributed by atoms with Gasteiger partial charge in [-0.1, -0.05) is 11.6 Å². The van der Waals surface area contributed by atoms with Gasteiger partial charge in [-0.3, -0.25) is 4.79 Å². The SMILES string of the molecule is CCOc1c(C(C)n2ccc(=O)c3c(N)ncnc32)cc(Cl)c(C)c1C1CNC1. The van der Waals surface area contributed by atoms with Crippen molar-refractivity contribution in [2.45, 2.75) is 32.7 Å². The average Bonchev–Trinajstić information content (AvgIpc) is 2.66. The van der Waals surface area contributed by atoms with Crippen LogP contribution in [0.25, 0.3) is 11.0 Å². The predicted octanol–water partition coefficient (Wildman–Crippen LogP) is 3.03. The molecule has 4 rings (SSSR count). The van der Waals surface area contributed by atoms with Crippen LogP contribution in [0.1, 0.15) is 42.5 Å². The molecule has 1 unspecified atom stereocenters. The van der Waals surface area contributed by atoms with E-state index in [1.807, 2.05) is 31.4 Å². The van der Waals surface area contributed by atoms with Crippen LogP contribution in [0.5, 0.6) is 5.75 Å². The van der Waals surface area contributed by atoms with E-state index in [1.54, 1.807) is 6.20 Å². The van der Waals surface area contributed by atoms with Gasteiger partial charge in [-0.15, -0.1) is 0 Å². The summed E-state index contributed by atoms with van der Waals surface area (Å²) in [6.07, 6.45) is 3.10. The Morgan fingerprint density at radius 1 is 1.41 bits per heavy atom. The molecule has 7 nitrogen and oxygen atoms in total. The number of benzene rings is 1. The minimum absolute atomic E-state index is 0.176. The highest BCUT2D eigenvalue weighted by molar-refractivity contribution is 6.31. The number of nitrogens with zero attached hydrogens (tertiary/aromatic N) is 3. The molecule has 0 amide bonds. The molecule has 1 saturated heterocycles. The molecule has 8 heteroatoms. The molecular formula is C21H24ClN5O2. The first kappa shape index (κ1) is 19.7. The number of fused-ring (bicyclic) bond motifs is 1. The number of halogens is 1. The van der Waals surface area contributed by atoms with Crippen molar-refractivity contribution in [3.8, 4) is 5.75 Å². The summed E-state index contributed by atoms with van der Waals surface area (Å²) in [7, 11) is 0. The zero-order chi connectivity index (χ0) is 20.7. The third kappa shape index (κ3) is 3.24. The number of nitrogens with one attached hydrogen (secondary N) is 1. The van der Waals surface area contributed by atoms with Gasteiger partial charge in [0.15, 0.2) is 5.43 Å². The van der Waals surface area contributed by atoms with Gasteiger partial charge in [0.2, 0.25) is 0 Å². The number of hydrogen-bond acceptors (Lipinski definition) is 6. The van der Waals surface area contributed by atoms with Gasteiger partial charge in [-0.25, -0.2) is 9.97 Å². The third-order valence-electron chi connectivity index (χ3n) is 5.63. The summed E-state index contributed by atoms with van der Waals surface area (Å²) in [6, 6.07) is 3.26. The summed E-state index contributed by atoms with van der Waals surface area (Å²) < 4.78 is 8.06. The van der Waals surface area contributed by atoms with Crippen LogP contribution >= 0.6 is 11.6 Å². The summed E-state index contributed by atoms with van der Waals surface area (Å²) >= 11 is 6.64. The molecule has 1 aliphatic rings. The van der Waals surface area contributed by atoms with E-state index in [0.29, 0.717) is 28.6 Å². The second-order valence-electron chi connectivity index (χ2n) is 7.32. The summed E-state index contributed by atoms with van der Waals surface area (Å²) in [5, 5.41) is 4.35. The number of anilines is 1. The smallest absolute Gasteiger partial charge is 0.194 e. The van der Waals surface area contributed by atoms with E-state index in [0.717, 1.165) is 35.5 Å². The topological polar surface area (TPSA) is 95.1 Å². The summed E-state index contributed by atoms with van der Waals surface area (Å²) in [6.45, 7) is 8.40. The number of ether oxygens (including phenoxy) is 1. The van der Waals surface area contributed by atoms with E-state index in [4.69, 9.17) is 22.1 Å². The Morgan fingerprint density at radius 3 is 2.83 bits per heavy atom. The molecule has 3 N–H and O–H groups in total. The van der Waals surface area contributed by atoms with E-state index < -0.39 is 0 Å². The lowest BCUT2D eigenvalue weighted by molar-refractivity contribution is 0.319. The normalized spacial score (nSPS) is 15.3. The van der Waals surface area contributed by atoms with Crippen molar-refractivity contribution in [3.63, 3.8) is 0 Å². The van der Waals surface area contributed by atoms with E-state index >= 15 is 0 Å². The van der Waals surface area contributed by atoms with Crippen molar-refractivity contribution < 1.29 is 4.74 Å². The lowest BCUT2D eigenvalue weighted by atomic mass is 9.86. The Balaban J connectivity index is 1.95. The Hall–Kier alpha value is -2.64. The molecular weight excluding hydrogens is 390 g/mol. The van der Waals surface area contributed by atoms with Crippen LogP contribution in [-0.2, 0) is 0 Å².